The van der Waals surface area contributed by atoms with E-state index in [2.05, 4.69) is 0 Å². The molecule has 3 rings (SSSR count). The number of thiophene rings is 1. The van der Waals surface area contributed by atoms with Gasteiger partial charge in [-0.15, -0.1) is 0 Å². The molecule has 0 radical (unpaired) electrons. The largest absolute Gasteiger partial charge is 0.453 e. The monoisotopic (exact) mass is 398 g/mol. The first kappa shape index (κ1) is 19.5. The Labute approximate surface area is 165 Å². The molecule has 0 saturated carbocycles. The summed E-state index contributed by atoms with van der Waals surface area (Å²) in [5.41, 5.74) is 3.35. The minimum Gasteiger partial charge on any atom is -0.453 e. The molecular weight excluding hydrogens is 380 g/mol. The van der Waals surface area contributed by atoms with Gasteiger partial charge in [-0.05, 0) is 31.5 Å². The molecule has 0 fully saturated rings. The average molecular weight is 398 g/mol. The smallest absolute Gasteiger partial charge is 0.349 e. The highest BCUT2D eigenvalue weighted by molar-refractivity contribution is 7.17. The van der Waals surface area contributed by atoms with Crippen LogP contribution in [-0.2, 0) is 11.3 Å². The lowest BCUT2D eigenvalue weighted by atomic mass is 10.1. The molecule has 8 heteroatoms. The fourth-order valence-electron chi connectivity index (χ4n) is 2.91. The summed E-state index contributed by atoms with van der Waals surface area (Å²) < 4.78 is 7.08. The number of esters is 1. The van der Waals surface area contributed by atoms with Crippen LogP contribution in [-0.4, -0.2) is 27.8 Å². The maximum atomic E-state index is 12.5. The second-order valence-electron chi connectivity index (χ2n) is 6.25. The second kappa shape index (κ2) is 8.18. The number of benzene rings is 1. The Bertz CT molecular complexity index is 1040. The lowest BCUT2D eigenvalue weighted by molar-refractivity contribution is -0.380. The summed E-state index contributed by atoms with van der Waals surface area (Å²) in [6, 6.07) is 14.2. The van der Waals surface area contributed by atoms with Crippen molar-refractivity contribution in [1.82, 2.24) is 4.57 Å². The molecule has 1 aromatic carbocycles. The number of aryl methyl sites for hydroxylation is 1. The molecule has 144 valence electrons. The van der Waals surface area contributed by atoms with Crippen molar-refractivity contribution < 1.29 is 19.2 Å². The van der Waals surface area contributed by atoms with Crippen LogP contribution < -0.4 is 0 Å². The SMILES string of the molecule is Cc1cc(C(=O)COC(=O)c2ccc([N+](=O)[O-])s2)c(C)n1Cc1ccccc1. The zero-order chi connectivity index (χ0) is 20.3. The molecule has 0 aliphatic rings. The quantitative estimate of drug-likeness (QED) is 0.258. The molecule has 0 aliphatic heterocycles. The minimum atomic E-state index is -0.746. The molecule has 0 bridgehead atoms. The molecule has 0 N–H and O–H groups in total. The number of ether oxygens (including phenoxy) is 1. The van der Waals surface area contributed by atoms with E-state index in [1.54, 1.807) is 6.07 Å². The van der Waals surface area contributed by atoms with Gasteiger partial charge in [-0.25, -0.2) is 4.79 Å². The van der Waals surface area contributed by atoms with Gasteiger partial charge in [0.1, 0.15) is 4.88 Å². The number of hydrogen-bond donors (Lipinski definition) is 0. The van der Waals surface area contributed by atoms with Crippen molar-refractivity contribution >= 4 is 28.1 Å². The number of carbonyl (C=O) groups excluding carboxylic acids is 2. The van der Waals surface area contributed by atoms with Gasteiger partial charge in [0, 0.05) is 29.6 Å². The zero-order valence-electron chi connectivity index (χ0n) is 15.4. The van der Waals surface area contributed by atoms with Crippen molar-refractivity contribution in [3.63, 3.8) is 0 Å². The van der Waals surface area contributed by atoms with Gasteiger partial charge in [-0.2, -0.15) is 0 Å². The highest BCUT2D eigenvalue weighted by Gasteiger charge is 2.20. The van der Waals surface area contributed by atoms with Crippen LogP contribution in [0.2, 0.25) is 0 Å². The van der Waals surface area contributed by atoms with Crippen LogP contribution in [0.5, 0.6) is 0 Å². The molecule has 0 unspecified atom stereocenters. The Kier molecular flexibility index (Phi) is 5.70. The number of nitrogens with zero attached hydrogens (tertiary/aromatic N) is 2. The van der Waals surface area contributed by atoms with Crippen molar-refractivity contribution in [3.05, 3.63) is 86.0 Å². The van der Waals surface area contributed by atoms with Crippen molar-refractivity contribution in [1.29, 1.82) is 0 Å². The summed E-state index contributed by atoms with van der Waals surface area (Å²) in [6.07, 6.45) is 0. The molecule has 0 spiro atoms. The minimum absolute atomic E-state index is 0.0917. The number of ketones is 1. The Morgan fingerprint density at radius 1 is 1.14 bits per heavy atom. The first-order chi connectivity index (χ1) is 13.4. The van der Waals surface area contributed by atoms with Gasteiger partial charge in [-0.3, -0.25) is 14.9 Å². The van der Waals surface area contributed by atoms with Crippen LogP contribution in [0.3, 0.4) is 0 Å². The van der Waals surface area contributed by atoms with Gasteiger partial charge in [-0.1, -0.05) is 41.7 Å². The molecule has 3 aromatic rings. The van der Waals surface area contributed by atoms with Gasteiger partial charge in [0.05, 0.1) is 4.92 Å². The molecular formula is C20H18N2O5S. The molecule has 0 saturated heterocycles. The summed E-state index contributed by atoms with van der Waals surface area (Å²) in [7, 11) is 0. The summed E-state index contributed by atoms with van der Waals surface area (Å²) in [6.45, 7) is 4.00. The topological polar surface area (TPSA) is 91.4 Å². The zero-order valence-corrected chi connectivity index (χ0v) is 16.2. The molecule has 28 heavy (non-hydrogen) atoms. The highest BCUT2D eigenvalue weighted by Crippen LogP contribution is 2.24. The third kappa shape index (κ3) is 4.17. The van der Waals surface area contributed by atoms with E-state index < -0.39 is 17.5 Å². The van der Waals surface area contributed by atoms with Crippen LogP contribution in [0.15, 0.2) is 48.5 Å². The predicted molar refractivity (Wildman–Crippen MR) is 105 cm³/mol. The lowest BCUT2D eigenvalue weighted by Gasteiger charge is -2.10. The normalized spacial score (nSPS) is 10.6. The van der Waals surface area contributed by atoms with Gasteiger partial charge < -0.3 is 9.30 Å². The van der Waals surface area contributed by atoms with E-state index in [0.29, 0.717) is 12.1 Å². The average Bonchev–Trinajstić information content (AvgIpc) is 3.28. The maximum absolute atomic E-state index is 12.5. The predicted octanol–water partition coefficient (Wildman–Crippen LogP) is 4.16. The summed E-state index contributed by atoms with van der Waals surface area (Å²) >= 11 is 0.718. The van der Waals surface area contributed by atoms with Crippen LogP contribution in [0.1, 0.15) is 37.0 Å². The van der Waals surface area contributed by atoms with E-state index in [-0.39, 0.29) is 15.7 Å². The Morgan fingerprint density at radius 3 is 2.50 bits per heavy atom. The number of carbonyl (C=O) groups is 2. The third-order valence-corrected chi connectivity index (χ3v) is 5.38. The van der Waals surface area contributed by atoms with E-state index in [9.17, 15) is 19.7 Å². The van der Waals surface area contributed by atoms with E-state index in [1.807, 2.05) is 48.7 Å². The molecule has 0 aliphatic carbocycles. The number of hydrogen-bond acceptors (Lipinski definition) is 6. The third-order valence-electron chi connectivity index (χ3n) is 4.36. The number of Topliss-reactive ketones (excluding diaryl/α,β-unsaturated/α-hetero) is 1. The second-order valence-corrected chi connectivity index (χ2v) is 7.31. The van der Waals surface area contributed by atoms with Gasteiger partial charge >= 0.3 is 11.0 Å². The van der Waals surface area contributed by atoms with E-state index >= 15 is 0 Å². The Balaban J connectivity index is 1.68. The van der Waals surface area contributed by atoms with Crippen molar-refractivity contribution in [2.75, 3.05) is 6.61 Å². The highest BCUT2D eigenvalue weighted by atomic mass is 32.1. The van der Waals surface area contributed by atoms with Crippen LogP contribution >= 0.6 is 11.3 Å². The van der Waals surface area contributed by atoms with Crippen molar-refractivity contribution in [3.8, 4) is 0 Å². The number of nitro groups is 1. The van der Waals surface area contributed by atoms with Gasteiger partial charge in [0.15, 0.2) is 6.61 Å². The molecule has 0 amide bonds. The lowest BCUT2D eigenvalue weighted by Crippen LogP contribution is -2.14. The van der Waals surface area contributed by atoms with Crippen molar-refractivity contribution in [2.24, 2.45) is 0 Å². The summed E-state index contributed by atoms with van der Waals surface area (Å²) in [4.78, 5) is 34.8. The fourth-order valence-corrected chi connectivity index (χ4v) is 3.62. The maximum Gasteiger partial charge on any atom is 0.349 e. The summed E-state index contributed by atoms with van der Waals surface area (Å²) in [5.74, 6) is -1.06. The Morgan fingerprint density at radius 2 is 1.86 bits per heavy atom. The van der Waals surface area contributed by atoms with Gasteiger partial charge in [0.2, 0.25) is 5.78 Å². The molecule has 0 atom stereocenters. The van der Waals surface area contributed by atoms with Crippen LogP contribution in [0, 0.1) is 24.0 Å². The first-order valence-corrected chi connectivity index (χ1v) is 9.33. The number of rotatable bonds is 7. The van der Waals surface area contributed by atoms with Crippen molar-refractivity contribution in [2.45, 2.75) is 20.4 Å². The van der Waals surface area contributed by atoms with E-state index in [0.717, 1.165) is 28.3 Å². The van der Waals surface area contributed by atoms with E-state index in [4.69, 9.17) is 4.74 Å². The molecule has 2 aromatic heterocycles. The Hall–Kier alpha value is -3.26. The van der Waals surface area contributed by atoms with Gasteiger partial charge in [0.25, 0.3) is 0 Å². The van der Waals surface area contributed by atoms with E-state index in [1.165, 1.54) is 12.1 Å². The first-order valence-electron chi connectivity index (χ1n) is 8.52. The van der Waals surface area contributed by atoms with Crippen LogP contribution in [0.4, 0.5) is 5.00 Å². The van der Waals surface area contributed by atoms with Crippen LogP contribution in [0.25, 0.3) is 0 Å². The standard InChI is InChI=1S/C20H18N2O5S/c1-13-10-16(14(2)21(13)11-15-6-4-3-5-7-15)17(23)12-27-20(24)18-8-9-19(28-18)22(25)26/h3-10H,11-12H2,1-2H3. The number of aromatic nitrogens is 1. The molecule has 2 heterocycles. The summed E-state index contributed by atoms with van der Waals surface area (Å²) in [5, 5.41) is 10.5. The fraction of sp³-hybridized carbons (Fsp3) is 0.200. The molecule has 7 nitrogen and oxygen atoms in total.